The van der Waals surface area contributed by atoms with Gasteiger partial charge in [-0.05, 0) is 24.1 Å². The number of carbonyl (C=O) groups is 1. The molecule has 0 bridgehead atoms. The number of carboxylic acids is 1. The van der Waals surface area contributed by atoms with E-state index in [0.717, 1.165) is 24.3 Å². The molecule has 0 spiro atoms. The van der Waals surface area contributed by atoms with E-state index in [1.807, 2.05) is 31.2 Å². The van der Waals surface area contributed by atoms with Gasteiger partial charge in [0, 0.05) is 5.92 Å². The molecule has 1 heterocycles. The summed E-state index contributed by atoms with van der Waals surface area (Å²) in [5, 5.41) is 9.16. The molecule has 1 aliphatic heterocycles. The molecule has 3 atom stereocenters. The van der Waals surface area contributed by atoms with Crippen molar-refractivity contribution in [2.75, 3.05) is 6.61 Å². The molecule has 24 heavy (non-hydrogen) atoms. The molecule has 1 saturated heterocycles. The summed E-state index contributed by atoms with van der Waals surface area (Å²) in [5.74, 6) is 0.0366. The quantitative estimate of drug-likeness (QED) is 0.570. The second-order valence-electron chi connectivity index (χ2n) is 6.63. The number of aliphatic carboxylic acids is 1. The highest BCUT2D eigenvalue weighted by molar-refractivity contribution is 5.74. The van der Waals surface area contributed by atoms with Gasteiger partial charge in [-0.2, -0.15) is 0 Å². The standard InChI is InChI=1S/C19H30N2O3/c1-3-4-5-6-7-8-13-24-16-11-9-15(10-12-16)17-14(2)18(19(22)23)21-20-17/h9-12,14,17-18,20-21H,3-8,13H2,1-2H3,(H,22,23). The minimum atomic E-state index is -0.823. The van der Waals surface area contributed by atoms with Crippen LogP contribution in [-0.4, -0.2) is 23.7 Å². The predicted molar refractivity (Wildman–Crippen MR) is 94.9 cm³/mol. The molecular formula is C19H30N2O3. The highest BCUT2D eigenvalue weighted by Crippen LogP contribution is 2.29. The van der Waals surface area contributed by atoms with Crippen LogP contribution in [0.1, 0.15) is 64.0 Å². The molecule has 3 N–H and O–H groups in total. The van der Waals surface area contributed by atoms with Gasteiger partial charge in [-0.25, -0.2) is 10.9 Å². The molecule has 0 radical (unpaired) electrons. The van der Waals surface area contributed by atoms with Gasteiger partial charge < -0.3 is 9.84 Å². The lowest BCUT2D eigenvalue weighted by molar-refractivity contribution is -0.140. The second kappa shape index (κ2) is 9.64. The Hall–Kier alpha value is -1.59. The van der Waals surface area contributed by atoms with Gasteiger partial charge in [-0.1, -0.05) is 58.1 Å². The fourth-order valence-corrected chi connectivity index (χ4v) is 3.15. The van der Waals surface area contributed by atoms with Gasteiger partial charge in [0.15, 0.2) is 0 Å². The highest BCUT2D eigenvalue weighted by atomic mass is 16.5. The minimum absolute atomic E-state index is 0.00119. The third-order valence-electron chi connectivity index (χ3n) is 4.72. The number of rotatable bonds is 10. The van der Waals surface area contributed by atoms with Crippen LogP contribution in [-0.2, 0) is 4.79 Å². The number of unbranched alkanes of at least 4 members (excludes halogenated alkanes) is 5. The monoisotopic (exact) mass is 334 g/mol. The minimum Gasteiger partial charge on any atom is -0.494 e. The summed E-state index contributed by atoms with van der Waals surface area (Å²) in [4.78, 5) is 11.2. The van der Waals surface area contributed by atoms with Crippen LogP contribution in [0, 0.1) is 5.92 Å². The lowest BCUT2D eigenvalue weighted by atomic mass is 9.91. The number of benzene rings is 1. The summed E-state index contributed by atoms with van der Waals surface area (Å²) in [6.07, 6.45) is 7.54. The molecule has 5 nitrogen and oxygen atoms in total. The van der Waals surface area contributed by atoms with Gasteiger partial charge in [0.05, 0.1) is 12.6 Å². The molecule has 1 aromatic carbocycles. The average Bonchev–Trinajstić information content (AvgIpc) is 2.96. The zero-order valence-electron chi connectivity index (χ0n) is 14.8. The van der Waals surface area contributed by atoms with E-state index in [1.165, 1.54) is 32.1 Å². The number of nitrogens with one attached hydrogen (secondary N) is 2. The third-order valence-corrected chi connectivity index (χ3v) is 4.72. The molecule has 0 aromatic heterocycles. The Labute approximate surface area is 144 Å². The van der Waals surface area contributed by atoms with Crippen molar-refractivity contribution in [2.24, 2.45) is 5.92 Å². The van der Waals surface area contributed by atoms with E-state index in [4.69, 9.17) is 9.84 Å². The largest absolute Gasteiger partial charge is 0.494 e. The number of carboxylic acid groups (broad SMARTS) is 1. The summed E-state index contributed by atoms with van der Waals surface area (Å²) in [7, 11) is 0. The van der Waals surface area contributed by atoms with E-state index in [-0.39, 0.29) is 12.0 Å². The van der Waals surface area contributed by atoms with Crippen molar-refractivity contribution >= 4 is 5.97 Å². The van der Waals surface area contributed by atoms with Gasteiger partial charge in [0.2, 0.25) is 0 Å². The lowest BCUT2D eigenvalue weighted by Crippen LogP contribution is -2.37. The Bertz CT molecular complexity index is 504. The first-order valence-electron chi connectivity index (χ1n) is 9.10. The van der Waals surface area contributed by atoms with Crippen LogP contribution < -0.4 is 15.6 Å². The zero-order chi connectivity index (χ0) is 17.4. The van der Waals surface area contributed by atoms with Crippen molar-refractivity contribution in [2.45, 2.75) is 64.5 Å². The molecular weight excluding hydrogens is 304 g/mol. The lowest BCUT2D eigenvalue weighted by Gasteiger charge is -2.17. The van der Waals surface area contributed by atoms with E-state index in [9.17, 15) is 4.79 Å². The zero-order valence-corrected chi connectivity index (χ0v) is 14.8. The molecule has 1 aromatic rings. The van der Waals surface area contributed by atoms with Crippen LogP contribution in [0.3, 0.4) is 0 Å². The normalized spacial score (nSPS) is 23.3. The van der Waals surface area contributed by atoms with Gasteiger partial charge >= 0.3 is 5.97 Å². The molecule has 1 aliphatic rings. The predicted octanol–water partition coefficient (Wildman–Crippen LogP) is 3.66. The first kappa shape index (κ1) is 18.7. The SMILES string of the molecule is CCCCCCCCOc1ccc(C2NNC(C(=O)O)C2C)cc1. The first-order chi connectivity index (χ1) is 11.6. The fraction of sp³-hybridized carbons (Fsp3) is 0.632. The smallest absolute Gasteiger partial charge is 0.322 e. The molecule has 3 unspecified atom stereocenters. The van der Waals surface area contributed by atoms with Gasteiger partial charge in [0.25, 0.3) is 0 Å². The fourth-order valence-electron chi connectivity index (χ4n) is 3.15. The Morgan fingerprint density at radius 1 is 1.08 bits per heavy atom. The average molecular weight is 334 g/mol. The highest BCUT2D eigenvalue weighted by Gasteiger charge is 2.37. The van der Waals surface area contributed by atoms with E-state index in [1.54, 1.807) is 0 Å². The topological polar surface area (TPSA) is 70.6 Å². The van der Waals surface area contributed by atoms with Crippen LogP contribution in [0.2, 0.25) is 0 Å². The maximum atomic E-state index is 11.2. The summed E-state index contributed by atoms with van der Waals surface area (Å²) in [6, 6.07) is 7.40. The number of hydrogen-bond acceptors (Lipinski definition) is 4. The molecule has 134 valence electrons. The van der Waals surface area contributed by atoms with Crippen LogP contribution >= 0.6 is 0 Å². The van der Waals surface area contributed by atoms with Crippen molar-refractivity contribution < 1.29 is 14.6 Å². The molecule has 5 heteroatoms. The first-order valence-corrected chi connectivity index (χ1v) is 9.10. The van der Waals surface area contributed by atoms with E-state index in [0.29, 0.717) is 0 Å². The maximum absolute atomic E-state index is 11.2. The number of hydrogen-bond donors (Lipinski definition) is 3. The number of hydrazine groups is 1. The molecule has 0 amide bonds. The van der Waals surface area contributed by atoms with Gasteiger partial charge in [-0.3, -0.25) is 4.79 Å². The van der Waals surface area contributed by atoms with Crippen molar-refractivity contribution in [1.82, 2.24) is 10.9 Å². The van der Waals surface area contributed by atoms with Gasteiger partial charge in [0.1, 0.15) is 11.8 Å². The van der Waals surface area contributed by atoms with Gasteiger partial charge in [-0.15, -0.1) is 0 Å². The van der Waals surface area contributed by atoms with Crippen LogP contribution in [0.25, 0.3) is 0 Å². The summed E-state index contributed by atoms with van der Waals surface area (Å²) in [5.41, 5.74) is 7.00. The molecule has 1 fully saturated rings. The second-order valence-corrected chi connectivity index (χ2v) is 6.63. The molecule has 2 rings (SSSR count). The Morgan fingerprint density at radius 2 is 1.75 bits per heavy atom. The van der Waals surface area contributed by atoms with Crippen molar-refractivity contribution in [3.63, 3.8) is 0 Å². The molecule has 0 aliphatic carbocycles. The van der Waals surface area contributed by atoms with E-state index in [2.05, 4.69) is 17.8 Å². The number of ether oxygens (including phenoxy) is 1. The van der Waals surface area contributed by atoms with E-state index < -0.39 is 12.0 Å². The summed E-state index contributed by atoms with van der Waals surface area (Å²) >= 11 is 0. The summed E-state index contributed by atoms with van der Waals surface area (Å²) in [6.45, 7) is 4.93. The van der Waals surface area contributed by atoms with Crippen LogP contribution in [0.4, 0.5) is 0 Å². The maximum Gasteiger partial charge on any atom is 0.322 e. The van der Waals surface area contributed by atoms with Crippen molar-refractivity contribution in [3.05, 3.63) is 29.8 Å². The van der Waals surface area contributed by atoms with E-state index >= 15 is 0 Å². The van der Waals surface area contributed by atoms with Crippen LogP contribution in [0.15, 0.2) is 24.3 Å². The van der Waals surface area contributed by atoms with Crippen molar-refractivity contribution in [3.8, 4) is 5.75 Å². The summed E-state index contributed by atoms with van der Waals surface area (Å²) < 4.78 is 5.79. The Morgan fingerprint density at radius 3 is 2.38 bits per heavy atom. The molecule has 0 saturated carbocycles. The third kappa shape index (κ3) is 5.21. The van der Waals surface area contributed by atoms with Crippen molar-refractivity contribution in [1.29, 1.82) is 0 Å². The van der Waals surface area contributed by atoms with Crippen LogP contribution in [0.5, 0.6) is 5.75 Å². The Balaban J connectivity index is 1.74. The Kier molecular flexibility index (Phi) is 7.53.